The molecule has 3 aromatic carbocycles. The van der Waals surface area contributed by atoms with Crippen molar-refractivity contribution in [3.8, 4) is 0 Å². The number of aldehydes is 1. The number of sulfonamides is 1. The predicted octanol–water partition coefficient (Wildman–Crippen LogP) is 4.48. The summed E-state index contributed by atoms with van der Waals surface area (Å²) in [6, 6.07) is 18.8. The maximum Gasteiger partial charge on any atom is 0.264 e. The minimum absolute atomic E-state index is 0.0648. The van der Waals surface area contributed by atoms with Crippen LogP contribution in [-0.4, -0.2) is 21.2 Å². The van der Waals surface area contributed by atoms with Gasteiger partial charge >= 0.3 is 0 Å². The highest BCUT2D eigenvalue weighted by atomic mass is 32.2. The molecule has 0 fully saturated rings. The molecule has 6 heteroatoms. The van der Waals surface area contributed by atoms with Crippen molar-refractivity contribution in [3.05, 3.63) is 94.8 Å². The Morgan fingerprint density at radius 3 is 2.38 bits per heavy atom. The van der Waals surface area contributed by atoms with Gasteiger partial charge in [-0.2, -0.15) is 0 Å². The summed E-state index contributed by atoms with van der Waals surface area (Å²) in [7, 11) is -3.84. The van der Waals surface area contributed by atoms with Gasteiger partial charge in [0.2, 0.25) is 0 Å². The highest BCUT2D eigenvalue weighted by Crippen LogP contribution is 2.43. The molecule has 4 rings (SSSR count). The lowest BCUT2D eigenvalue weighted by Gasteiger charge is -2.20. The number of fused-ring (bicyclic) bond motifs is 1. The van der Waals surface area contributed by atoms with Crippen molar-refractivity contribution < 1.29 is 17.6 Å². The van der Waals surface area contributed by atoms with Crippen LogP contribution in [0, 0.1) is 12.7 Å². The zero-order valence-corrected chi connectivity index (χ0v) is 16.7. The fourth-order valence-electron chi connectivity index (χ4n) is 3.88. The first-order valence-electron chi connectivity index (χ1n) is 9.32. The maximum atomic E-state index is 14.3. The Morgan fingerprint density at radius 1 is 1.03 bits per heavy atom. The number of anilines is 1. The molecule has 1 aliphatic heterocycles. The number of benzene rings is 3. The average Bonchev–Trinajstić information content (AvgIpc) is 3.08. The standard InChI is InChI=1S/C23H20FNO3S/c1-16-7-9-19(10-8-16)29(27,28)25-14-18(13-17-5-3-2-4-6-17)23-20(15-26)21(24)11-12-22(23)25/h2-12,15,18H,13-14H2,1H3. The van der Waals surface area contributed by atoms with Gasteiger partial charge < -0.3 is 0 Å². The monoisotopic (exact) mass is 409 g/mol. The Hall–Kier alpha value is -2.99. The molecule has 4 nitrogen and oxygen atoms in total. The van der Waals surface area contributed by atoms with Crippen molar-refractivity contribution in [2.45, 2.75) is 24.2 Å². The molecular weight excluding hydrogens is 389 g/mol. The Bertz CT molecular complexity index is 1160. The van der Waals surface area contributed by atoms with E-state index in [1.54, 1.807) is 24.3 Å². The van der Waals surface area contributed by atoms with Crippen molar-refractivity contribution in [2.75, 3.05) is 10.8 Å². The minimum atomic E-state index is -3.84. The summed E-state index contributed by atoms with van der Waals surface area (Å²) in [6.45, 7) is 2.04. The third kappa shape index (κ3) is 3.44. The second kappa shape index (κ2) is 7.44. The molecule has 0 aliphatic carbocycles. The van der Waals surface area contributed by atoms with Crippen LogP contribution in [0.1, 0.15) is 33.0 Å². The smallest absolute Gasteiger partial charge is 0.264 e. The Labute approximate surface area is 169 Å². The molecular formula is C23H20FNO3S. The number of hydrogen-bond acceptors (Lipinski definition) is 3. The molecule has 0 saturated carbocycles. The van der Waals surface area contributed by atoms with Gasteiger partial charge in [-0.1, -0.05) is 48.0 Å². The van der Waals surface area contributed by atoms with Crippen LogP contribution in [0.4, 0.5) is 10.1 Å². The molecule has 1 atom stereocenters. The third-order valence-corrected chi connectivity index (χ3v) is 7.12. The van der Waals surface area contributed by atoms with Crippen molar-refractivity contribution in [3.63, 3.8) is 0 Å². The van der Waals surface area contributed by atoms with E-state index in [0.29, 0.717) is 24.0 Å². The molecule has 148 valence electrons. The lowest BCUT2D eigenvalue weighted by atomic mass is 9.90. The van der Waals surface area contributed by atoms with Gasteiger partial charge in [-0.3, -0.25) is 9.10 Å². The number of aryl methyl sites for hydroxylation is 1. The molecule has 0 spiro atoms. The summed E-state index contributed by atoms with van der Waals surface area (Å²) in [6.07, 6.45) is 0.992. The highest BCUT2D eigenvalue weighted by molar-refractivity contribution is 7.92. The molecule has 0 radical (unpaired) electrons. The topological polar surface area (TPSA) is 54.5 Å². The van der Waals surface area contributed by atoms with Gasteiger partial charge in [-0.15, -0.1) is 0 Å². The molecule has 1 aliphatic rings. The fraction of sp³-hybridized carbons (Fsp3) is 0.174. The lowest BCUT2D eigenvalue weighted by molar-refractivity contribution is 0.111. The first kappa shape index (κ1) is 19.3. The van der Waals surface area contributed by atoms with Gasteiger partial charge in [0.05, 0.1) is 16.1 Å². The molecule has 0 N–H and O–H groups in total. The molecule has 0 bridgehead atoms. The van der Waals surface area contributed by atoms with Crippen LogP contribution in [0.2, 0.25) is 0 Å². The number of halogens is 1. The van der Waals surface area contributed by atoms with Crippen LogP contribution in [0.25, 0.3) is 0 Å². The van der Waals surface area contributed by atoms with Crippen molar-refractivity contribution >= 4 is 22.0 Å². The van der Waals surface area contributed by atoms with Crippen molar-refractivity contribution in [1.29, 1.82) is 0 Å². The molecule has 3 aromatic rings. The van der Waals surface area contributed by atoms with Crippen LogP contribution >= 0.6 is 0 Å². The summed E-state index contributed by atoms with van der Waals surface area (Å²) in [4.78, 5) is 11.8. The van der Waals surface area contributed by atoms with Crippen LogP contribution in [0.3, 0.4) is 0 Å². The van der Waals surface area contributed by atoms with E-state index >= 15 is 0 Å². The number of carbonyl (C=O) groups is 1. The number of nitrogens with zero attached hydrogens (tertiary/aromatic N) is 1. The largest absolute Gasteiger partial charge is 0.298 e. The SMILES string of the molecule is Cc1ccc(S(=O)(=O)N2CC(Cc3ccccc3)c3c2ccc(F)c3C=O)cc1. The van der Waals surface area contributed by atoms with Gasteiger partial charge in [0.1, 0.15) is 5.82 Å². The summed E-state index contributed by atoms with van der Waals surface area (Å²) < 4.78 is 42.3. The van der Waals surface area contributed by atoms with E-state index in [9.17, 15) is 17.6 Å². The second-order valence-corrected chi connectivity index (χ2v) is 9.11. The van der Waals surface area contributed by atoms with E-state index in [1.807, 2.05) is 37.3 Å². The number of hydrogen-bond donors (Lipinski definition) is 0. The normalized spacial score (nSPS) is 15.9. The van der Waals surface area contributed by atoms with Crippen molar-refractivity contribution in [2.24, 2.45) is 0 Å². The van der Waals surface area contributed by atoms with E-state index in [1.165, 1.54) is 10.4 Å². The molecule has 0 saturated heterocycles. The summed E-state index contributed by atoms with van der Waals surface area (Å²) in [5.41, 5.74) is 2.72. The van der Waals surface area contributed by atoms with Gasteiger partial charge in [-0.25, -0.2) is 12.8 Å². The molecule has 1 heterocycles. The molecule has 0 aromatic heterocycles. The van der Waals surface area contributed by atoms with Crippen molar-refractivity contribution in [1.82, 2.24) is 0 Å². The average molecular weight is 409 g/mol. The van der Waals surface area contributed by atoms with Crippen LogP contribution in [0.15, 0.2) is 71.6 Å². The predicted molar refractivity (Wildman–Crippen MR) is 110 cm³/mol. The lowest BCUT2D eigenvalue weighted by Crippen LogP contribution is -2.30. The van der Waals surface area contributed by atoms with Gasteiger partial charge in [0, 0.05) is 12.5 Å². The Balaban J connectivity index is 1.82. The summed E-state index contributed by atoms with van der Waals surface area (Å²) >= 11 is 0. The van der Waals surface area contributed by atoms with Gasteiger partial charge in [0.25, 0.3) is 10.0 Å². The van der Waals surface area contributed by atoms with E-state index in [4.69, 9.17) is 0 Å². The molecule has 1 unspecified atom stereocenters. The van der Waals surface area contributed by atoms with E-state index in [2.05, 4.69) is 0 Å². The Morgan fingerprint density at radius 2 is 1.72 bits per heavy atom. The van der Waals surface area contributed by atoms with Crippen LogP contribution in [-0.2, 0) is 16.4 Å². The summed E-state index contributed by atoms with van der Waals surface area (Å²) in [5.74, 6) is -0.949. The summed E-state index contributed by atoms with van der Waals surface area (Å²) in [5, 5.41) is 0. The van der Waals surface area contributed by atoms with E-state index < -0.39 is 15.8 Å². The highest BCUT2D eigenvalue weighted by Gasteiger charge is 2.38. The quantitative estimate of drug-likeness (QED) is 0.584. The minimum Gasteiger partial charge on any atom is -0.298 e. The van der Waals surface area contributed by atoms with E-state index in [0.717, 1.165) is 17.2 Å². The first-order valence-corrected chi connectivity index (χ1v) is 10.8. The third-order valence-electron chi connectivity index (χ3n) is 5.33. The first-order chi connectivity index (χ1) is 13.9. The van der Waals surface area contributed by atoms with Gasteiger partial charge in [0.15, 0.2) is 6.29 Å². The zero-order chi connectivity index (χ0) is 20.6. The van der Waals surface area contributed by atoms with Crippen LogP contribution < -0.4 is 4.31 Å². The number of rotatable bonds is 5. The Kier molecular flexibility index (Phi) is 4.96. The van der Waals surface area contributed by atoms with Crippen LogP contribution in [0.5, 0.6) is 0 Å². The number of carbonyl (C=O) groups excluding carboxylic acids is 1. The second-order valence-electron chi connectivity index (χ2n) is 7.25. The van der Waals surface area contributed by atoms with E-state index in [-0.39, 0.29) is 22.9 Å². The molecule has 29 heavy (non-hydrogen) atoms. The fourth-order valence-corrected chi connectivity index (χ4v) is 5.41. The van der Waals surface area contributed by atoms with Gasteiger partial charge in [-0.05, 0) is 48.7 Å². The zero-order valence-electron chi connectivity index (χ0n) is 15.9. The molecule has 0 amide bonds. The maximum absolute atomic E-state index is 14.3.